The molecule has 0 saturated carbocycles. The van der Waals surface area contributed by atoms with Gasteiger partial charge in [0.15, 0.2) is 0 Å². The molecule has 0 amide bonds. The average molecular weight is 310 g/mol. The molecule has 0 spiro atoms. The molecular weight excluding hydrogens is 282 g/mol. The van der Waals surface area contributed by atoms with Gasteiger partial charge in [-0.2, -0.15) is 0 Å². The normalized spacial score (nSPS) is 11.4. The predicted molar refractivity (Wildman–Crippen MR) is 96.6 cm³/mol. The maximum Gasteiger partial charge on any atom is 0.136 e. The lowest BCUT2D eigenvalue weighted by molar-refractivity contribution is 0.482. The number of thioether (sulfide) groups is 1. The predicted octanol–water partition coefficient (Wildman–Crippen LogP) is 5.23. The molecule has 0 heterocycles. The van der Waals surface area contributed by atoms with Crippen molar-refractivity contribution in [3.05, 3.63) is 35.4 Å². The first kappa shape index (κ1) is 17.5. The first-order valence-electron chi connectivity index (χ1n) is 7.45. The standard InChI is InChI=1S/C17H27NS2/c1-6-17(4,5)15-11-9-14(10-12-15)13-20-16(19)18(7-2)8-3/h9-12H,6-8,13H2,1-5H3. The molecule has 112 valence electrons. The highest BCUT2D eigenvalue weighted by Crippen LogP contribution is 2.27. The van der Waals surface area contributed by atoms with E-state index in [4.69, 9.17) is 12.2 Å². The van der Waals surface area contributed by atoms with Crippen molar-refractivity contribution in [1.29, 1.82) is 0 Å². The fourth-order valence-electron chi connectivity index (χ4n) is 1.97. The average Bonchev–Trinajstić information content (AvgIpc) is 2.47. The van der Waals surface area contributed by atoms with Crippen LogP contribution in [-0.4, -0.2) is 22.3 Å². The summed E-state index contributed by atoms with van der Waals surface area (Å²) in [7, 11) is 0. The molecule has 0 radical (unpaired) electrons. The van der Waals surface area contributed by atoms with Crippen LogP contribution >= 0.6 is 24.0 Å². The zero-order valence-electron chi connectivity index (χ0n) is 13.4. The summed E-state index contributed by atoms with van der Waals surface area (Å²) in [6, 6.07) is 9.01. The maximum absolute atomic E-state index is 5.47. The molecule has 0 aliphatic carbocycles. The molecule has 0 atom stereocenters. The molecule has 20 heavy (non-hydrogen) atoms. The molecule has 3 heteroatoms. The van der Waals surface area contributed by atoms with Crippen LogP contribution in [0.25, 0.3) is 0 Å². The Morgan fingerprint density at radius 1 is 1.10 bits per heavy atom. The van der Waals surface area contributed by atoms with E-state index in [1.54, 1.807) is 11.8 Å². The van der Waals surface area contributed by atoms with E-state index >= 15 is 0 Å². The van der Waals surface area contributed by atoms with Crippen molar-refractivity contribution >= 4 is 28.3 Å². The monoisotopic (exact) mass is 309 g/mol. The smallest absolute Gasteiger partial charge is 0.136 e. The van der Waals surface area contributed by atoms with E-state index in [-0.39, 0.29) is 5.41 Å². The lowest BCUT2D eigenvalue weighted by atomic mass is 9.82. The van der Waals surface area contributed by atoms with Crippen LogP contribution in [0.2, 0.25) is 0 Å². The van der Waals surface area contributed by atoms with E-state index in [9.17, 15) is 0 Å². The minimum Gasteiger partial charge on any atom is -0.358 e. The minimum atomic E-state index is 0.266. The van der Waals surface area contributed by atoms with Gasteiger partial charge in [0.2, 0.25) is 0 Å². The number of benzene rings is 1. The van der Waals surface area contributed by atoms with Crippen molar-refractivity contribution in [3.8, 4) is 0 Å². The van der Waals surface area contributed by atoms with E-state index in [0.29, 0.717) is 0 Å². The van der Waals surface area contributed by atoms with Gasteiger partial charge in [0.1, 0.15) is 4.32 Å². The third kappa shape index (κ3) is 4.78. The summed E-state index contributed by atoms with van der Waals surface area (Å²) in [6.45, 7) is 13.1. The third-order valence-corrected chi connectivity index (χ3v) is 5.60. The summed E-state index contributed by atoms with van der Waals surface area (Å²) < 4.78 is 1.01. The van der Waals surface area contributed by atoms with Crippen molar-refractivity contribution in [2.24, 2.45) is 0 Å². The Kier molecular flexibility index (Phi) is 7.04. The maximum atomic E-state index is 5.47. The fraction of sp³-hybridized carbons (Fsp3) is 0.588. The van der Waals surface area contributed by atoms with Gasteiger partial charge in [-0.05, 0) is 36.8 Å². The van der Waals surface area contributed by atoms with Gasteiger partial charge in [-0.1, -0.05) is 69.0 Å². The van der Waals surface area contributed by atoms with Gasteiger partial charge < -0.3 is 4.90 Å². The van der Waals surface area contributed by atoms with Crippen LogP contribution in [-0.2, 0) is 11.2 Å². The summed E-state index contributed by atoms with van der Waals surface area (Å²) in [4.78, 5) is 2.23. The Hall–Kier alpha value is -0.540. The van der Waals surface area contributed by atoms with Crippen molar-refractivity contribution in [1.82, 2.24) is 4.90 Å². The molecule has 0 unspecified atom stereocenters. The number of hydrogen-bond acceptors (Lipinski definition) is 2. The van der Waals surface area contributed by atoms with Crippen molar-refractivity contribution in [3.63, 3.8) is 0 Å². The van der Waals surface area contributed by atoms with Crippen LogP contribution in [0, 0.1) is 0 Å². The number of rotatable bonds is 6. The minimum absolute atomic E-state index is 0.266. The summed E-state index contributed by atoms with van der Waals surface area (Å²) in [6.07, 6.45) is 1.16. The molecule has 0 saturated heterocycles. The van der Waals surface area contributed by atoms with Crippen LogP contribution in [0.3, 0.4) is 0 Å². The van der Waals surface area contributed by atoms with Crippen LogP contribution in [0.4, 0.5) is 0 Å². The Morgan fingerprint density at radius 2 is 1.65 bits per heavy atom. The van der Waals surface area contributed by atoms with E-state index in [1.165, 1.54) is 11.1 Å². The number of thiocarbonyl (C=S) groups is 1. The molecule has 1 aromatic carbocycles. The van der Waals surface area contributed by atoms with Gasteiger partial charge in [-0.3, -0.25) is 0 Å². The summed E-state index contributed by atoms with van der Waals surface area (Å²) in [5.74, 6) is 0.960. The molecule has 1 nitrogen and oxygen atoms in total. The SMILES string of the molecule is CCN(CC)C(=S)SCc1ccc(C(C)(C)CC)cc1. The molecule has 0 bridgehead atoms. The van der Waals surface area contributed by atoms with Gasteiger partial charge in [-0.15, -0.1) is 0 Å². The van der Waals surface area contributed by atoms with E-state index < -0.39 is 0 Å². The lowest BCUT2D eigenvalue weighted by Crippen LogP contribution is -2.26. The largest absolute Gasteiger partial charge is 0.358 e. The van der Waals surface area contributed by atoms with Crippen molar-refractivity contribution in [2.45, 2.75) is 52.2 Å². The molecule has 1 aromatic rings. The van der Waals surface area contributed by atoms with Crippen molar-refractivity contribution < 1.29 is 0 Å². The highest BCUT2D eigenvalue weighted by Gasteiger charge is 2.17. The molecule has 0 aliphatic rings. The fourth-order valence-corrected chi connectivity index (χ4v) is 3.33. The Balaban J connectivity index is 2.60. The second-order valence-electron chi connectivity index (χ2n) is 5.66. The van der Waals surface area contributed by atoms with Gasteiger partial charge >= 0.3 is 0 Å². The number of hydrogen-bond donors (Lipinski definition) is 0. The number of nitrogens with zero attached hydrogens (tertiary/aromatic N) is 1. The second-order valence-corrected chi connectivity index (χ2v) is 7.27. The first-order valence-corrected chi connectivity index (χ1v) is 8.85. The molecule has 0 fully saturated rings. The van der Waals surface area contributed by atoms with Crippen LogP contribution in [0.5, 0.6) is 0 Å². The quantitative estimate of drug-likeness (QED) is 0.662. The Labute approximate surface area is 134 Å². The van der Waals surface area contributed by atoms with E-state index in [0.717, 1.165) is 29.6 Å². The van der Waals surface area contributed by atoms with Crippen molar-refractivity contribution in [2.75, 3.05) is 13.1 Å². The first-order chi connectivity index (χ1) is 9.44. The highest BCUT2D eigenvalue weighted by atomic mass is 32.2. The van der Waals surface area contributed by atoms with E-state index in [1.807, 2.05) is 0 Å². The molecule has 1 rings (SSSR count). The zero-order valence-corrected chi connectivity index (χ0v) is 15.0. The van der Waals surface area contributed by atoms with E-state index in [2.05, 4.69) is 63.8 Å². The summed E-state index contributed by atoms with van der Waals surface area (Å²) >= 11 is 7.23. The topological polar surface area (TPSA) is 3.24 Å². The molecule has 0 aliphatic heterocycles. The third-order valence-electron chi connectivity index (χ3n) is 4.00. The van der Waals surface area contributed by atoms with Gasteiger partial charge in [-0.25, -0.2) is 0 Å². The van der Waals surface area contributed by atoms with Crippen LogP contribution in [0.15, 0.2) is 24.3 Å². The van der Waals surface area contributed by atoms with Gasteiger partial charge in [0.25, 0.3) is 0 Å². The second kappa shape index (κ2) is 8.04. The van der Waals surface area contributed by atoms with Crippen LogP contribution in [0.1, 0.15) is 52.2 Å². The zero-order chi connectivity index (χ0) is 15.2. The van der Waals surface area contributed by atoms with Crippen LogP contribution < -0.4 is 0 Å². The van der Waals surface area contributed by atoms with Gasteiger partial charge in [0, 0.05) is 18.8 Å². The lowest BCUT2D eigenvalue weighted by Gasteiger charge is -2.23. The highest BCUT2D eigenvalue weighted by molar-refractivity contribution is 8.22. The van der Waals surface area contributed by atoms with Gasteiger partial charge in [0.05, 0.1) is 0 Å². The summed E-state index contributed by atoms with van der Waals surface area (Å²) in [5.41, 5.74) is 3.03. The summed E-state index contributed by atoms with van der Waals surface area (Å²) in [5, 5.41) is 0. The molecule has 0 N–H and O–H groups in total. The Morgan fingerprint density at radius 3 is 2.10 bits per heavy atom. The Bertz CT molecular complexity index is 419. The molecular formula is C17H27NS2. The molecule has 0 aromatic heterocycles.